The Morgan fingerprint density at radius 2 is 0.534 bits per heavy atom. The predicted octanol–water partition coefficient (Wildman–Crippen LogP) is 27.5. The maximum Gasteiger partial charge on any atom is 0.462 e. The molecule has 6 aromatic carbocycles. The number of phenolic OH excluding ortho intramolecular Hbond substituents is 2. The van der Waals surface area contributed by atoms with Crippen molar-refractivity contribution in [3.63, 3.8) is 0 Å². The first kappa shape index (κ1) is 83.6. The molecule has 0 amide bonds. The van der Waals surface area contributed by atoms with Crippen molar-refractivity contribution in [2.45, 2.75) is 312 Å². The van der Waals surface area contributed by atoms with Crippen molar-refractivity contribution in [3.8, 4) is 46.0 Å². The summed E-state index contributed by atoms with van der Waals surface area (Å²) in [5.74, 6) is 1.27. The molecule has 4 aliphatic rings. The molecule has 8 bridgehead atoms. The van der Waals surface area contributed by atoms with Gasteiger partial charge in [-0.1, -0.05) is 330 Å². The fourth-order valence-electron chi connectivity index (χ4n) is 15.9. The van der Waals surface area contributed by atoms with Crippen LogP contribution in [0.15, 0.2) is 109 Å². The summed E-state index contributed by atoms with van der Waals surface area (Å²) in [5.41, 5.74) is 6.79. The summed E-state index contributed by atoms with van der Waals surface area (Å²) in [6.07, 6.45) is 45.0. The van der Waals surface area contributed by atoms with E-state index in [0.29, 0.717) is 63.5 Å². The van der Waals surface area contributed by atoms with Gasteiger partial charge in [0.2, 0.25) is 6.79 Å². The van der Waals surface area contributed by atoms with Crippen LogP contribution in [-0.2, 0) is 9.13 Å². The standard InChI is InChI=1S/C85H118O10P2.CHCl3.CH4O/c1-5-9-13-17-21-25-29-33-43-51-66-70-55-72-67(52-44-34-30-26-22-18-14-10-6-2)73-57-75-69(54-46-36-32-28-24-20-16-12-8-4)77-58-76-68(53-45-35-31-27-23-19-15-11-7-3)74-56-71(66)79(87)60-82(74)92-96(88,64-47-39-37-40-48-64)94-84(76)62-85(77)95-97(89,65-49-41-38-42-50-65)93-83(75)61-81(73)91-63-90-80(72)59-78(70)86;2-1(3)4;1-2/h37-42,47-50,55-62,66-69,86-87H,5-36,43-46,51-54,63H2,1-4H3;1H;2H,1H3/t66-,67+,68-,69+,96+,97-;;/m0../s1. The number of aromatic hydroxyl groups is 2. The Hall–Kier alpha value is -4.99. The fraction of sp³-hybridized carbons (Fsp3) is 0.586. The second-order valence-electron chi connectivity index (χ2n) is 29.1. The van der Waals surface area contributed by atoms with E-state index in [1.807, 2.05) is 54.6 Å². The fourth-order valence-corrected chi connectivity index (χ4v) is 19.1. The van der Waals surface area contributed by atoms with Gasteiger partial charge in [0.15, 0.2) is 4.30 Å². The van der Waals surface area contributed by atoms with Gasteiger partial charge < -0.3 is 42.9 Å². The Labute approximate surface area is 634 Å². The molecule has 6 atom stereocenters. The zero-order chi connectivity index (χ0) is 73.2. The average Bonchev–Trinajstić information content (AvgIpc) is 0.730. The minimum Gasteiger partial charge on any atom is -0.508 e. The van der Waals surface area contributed by atoms with Crippen LogP contribution in [0.25, 0.3) is 0 Å². The number of aliphatic hydroxyl groups excluding tert-OH is 1. The first-order chi connectivity index (χ1) is 50.3. The third kappa shape index (κ3) is 24.5. The highest BCUT2D eigenvalue weighted by molar-refractivity contribution is 7.63. The molecule has 0 unspecified atom stereocenters. The molecule has 0 fully saturated rings. The van der Waals surface area contributed by atoms with E-state index in [0.717, 1.165) is 136 Å². The largest absolute Gasteiger partial charge is 0.508 e. The van der Waals surface area contributed by atoms with Gasteiger partial charge in [-0.3, -0.25) is 0 Å². The Bertz CT molecular complexity index is 3550. The molecule has 0 spiro atoms. The molecular formula is C87H123Cl3O11P2. The van der Waals surface area contributed by atoms with Crippen LogP contribution in [0.3, 0.4) is 0 Å². The number of hydrogen-bond donors (Lipinski definition) is 3. The van der Waals surface area contributed by atoms with Crippen molar-refractivity contribution in [2.75, 3.05) is 13.9 Å². The topological polar surface area (TPSA) is 150 Å². The van der Waals surface area contributed by atoms with Gasteiger partial charge in [0, 0.05) is 99.6 Å². The minimum absolute atomic E-state index is 0.0110. The molecule has 0 saturated heterocycles. The van der Waals surface area contributed by atoms with Gasteiger partial charge in [-0.2, -0.15) is 0 Å². The molecule has 1 aliphatic carbocycles. The second kappa shape index (κ2) is 45.0. The van der Waals surface area contributed by atoms with Crippen LogP contribution >= 0.6 is 50.0 Å². The van der Waals surface area contributed by atoms with E-state index in [2.05, 4.69) is 52.0 Å². The zero-order valence-electron chi connectivity index (χ0n) is 62.9. The highest BCUT2D eigenvalue weighted by Crippen LogP contribution is 2.62. The van der Waals surface area contributed by atoms with Crippen molar-refractivity contribution in [2.24, 2.45) is 0 Å². The summed E-state index contributed by atoms with van der Waals surface area (Å²) in [6, 6.07) is 34.6. The number of benzene rings is 6. The third-order valence-corrected chi connectivity index (χ3v) is 25.0. The highest BCUT2D eigenvalue weighted by atomic mass is 35.6. The number of alkyl halides is 3. The van der Waals surface area contributed by atoms with E-state index in [9.17, 15) is 10.2 Å². The quantitative estimate of drug-likeness (QED) is 0.0191. The number of aliphatic hydroxyl groups is 1. The molecule has 3 aliphatic heterocycles. The van der Waals surface area contributed by atoms with Crippen molar-refractivity contribution >= 4 is 60.6 Å². The van der Waals surface area contributed by atoms with Crippen molar-refractivity contribution < 1.29 is 52.0 Å². The van der Waals surface area contributed by atoms with Gasteiger partial charge in [0.05, 0.1) is 10.6 Å². The van der Waals surface area contributed by atoms with Crippen LogP contribution in [0, 0.1) is 0 Å². The van der Waals surface area contributed by atoms with Crippen LogP contribution in [0.2, 0.25) is 0 Å². The lowest BCUT2D eigenvalue weighted by molar-refractivity contribution is 0.113. The Morgan fingerprint density at radius 1 is 0.320 bits per heavy atom. The van der Waals surface area contributed by atoms with E-state index in [-0.39, 0.29) is 30.1 Å². The van der Waals surface area contributed by atoms with Gasteiger partial charge in [-0.15, -0.1) is 0 Å². The lowest BCUT2D eigenvalue weighted by atomic mass is 9.76. The molecule has 11 nitrogen and oxygen atoms in total. The molecule has 3 heterocycles. The van der Waals surface area contributed by atoms with Gasteiger partial charge in [-0.05, 0) is 74.2 Å². The summed E-state index contributed by atoms with van der Waals surface area (Å²) >= 11 is 14.4. The van der Waals surface area contributed by atoms with Gasteiger partial charge in [0.1, 0.15) is 46.0 Å². The summed E-state index contributed by atoms with van der Waals surface area (Å²) in [6.45, 7) is 8.95. The first-order valence-electron chi connectivity index (χ1n) is 40.1. The third-order valence-electron chi connectivity index (χ3n) is 21.4. The van der Waals surface area contributed by atoms with Crippen LogP contribution in [0.5, 0.6) is 46.0 Å². The number of unbranched alkanes of at least 4 members (excludes halogenated alkanes) is 32. The zero-order valence-corrected chi connectivity index (χ0v) is 67.0. The number of fused-ring (bicyclic) bond motifs is 2. The van der Waals surface area contributed by atoms with Gasteiger partial charge in [-0.25, -0.2) is 9.13 Å². The van der Waals surface area contributed by atoms with Gasteiger partial charge in [0.25, 0.3) is 0 Å². The SMILES string of the molecule is CCCCCCCCCCC[C@H]1c2cc3c(cc2O)OCOc2cc4c(cc2[C@@H]3CCCCCCCCCCC)[C@@H](CCCCCCCCCCC)c2cc3c(cc2O[P@](=O)(c2ccccc2)O4)O[P@@](=O)(c2ccccc2)Oc2cc(O)c1cc2[C@@H]3CCCCCCCCCCC.CO.ClC(Cl)Cl. The molecular weight excluding hydrogens is 1390 g/mol. The minimum atomic E-state index is -4.37. The molecule has 0 radical (unpaired) electrons. The number of rotatable bonds is 42. The Morgan fingerprint density at radius 3 is 0.825 bits per heavy atom. The average molecular weight is 1510 g/mol. The monoisotopic (exact) mass is 1510 g/mol. The summed E-state index contributed by atoms with van der Waals surface area (Å²) in [7, 11) is -7.70. The maximum absolute atomic E-state index is 16.5. The van der Waals surface area contributed by atoms with Crippen LogP contribution in [0.1, 0.15) is 353 Å². The van der Waals surface area contributed by atoms with E-state index in [1.165, 1.54) is 154 Å². The van der Waals surface area contributed by atoms with E-state index in [1.54, 1.807) is 30.3 Å². The van der Waals surface area contributed by atoms with Crippen molar-refractivity contribution in [3.05, 3.63) is 154 Å². The molecule has 6 aromatic rings. The van der Waals surface area contributed by atoms with E-state index >= 15 is 9.13 Å². The maximum atomic E-state index is 16.5. The van der Waals surface area contributed by atoms with Crippen molar-refractivity contribution in [1.29, 1.82) is 0 Å². The molecule has 0 saturated carbocycles. The predicted molar refractivity (Wildman–Crippen MR) is 429 cm³/mol. The molecule has 103 heavy (non-hydrogen) atoms. The first-order valence-corrected chi connectivity index (χ1v) is 44.5. The van der Waals surface area contributed by atoms with E-state index in [4.69, 9.17) is 67.5 Å². The Kier molecular flexibility index (Phi) is 36.5. The molecule has 10 rings (SSSR count). The van der Waals surface area contributed by atoms with Crippen molar-refractivity contribution in [1.82, 2.24) is 0 Å². The summed E-state index contributed by atoms with van der Waals surface area (Å²) < 4.78 is 74.2. The van der Waals surface area contributed by atoms with Crippen LogP contribution < -0.4 is 38.2 Å². The molecule has 3 N–H and O–H groups in total. The number of ether oxygens (including phenoxy) is 2. The summed E-state index contributed by atoms with van der Waals surface area (Å²) in [4.78, 5) is 0. The molecule has 568 valence electrons. The smallest absolute Gasteiger partial charge is 0.462 e. The molecule has 0 aromatic heterocycles. The lowest BCUT2D eigenvalue weighted by Gasteiger charge is -2.36. The normalized spacial score (nSPS) is 18.9. The van der Waals surface area contributed by atoms with E-state index < -0.39 is 31.3 Å². The number of phenols is 2. The Balaban J connectivity index is 0.00000216. The van der Waals surface area contributed by atoms with Crippen LogP contribution in [-0.4, -0.2) is 33.5 Å². The molecule has 16 heteroatoms. The summed E-state index contributed by atoms with van der Waals surface area (Å²) in [5, 5.41) is 33.6. The number of hydrogen-bond acceptors (Lipinski definition) is 11. The highest BCUT2D eigenvalue weighted by Gasteiger charge is 2.44. The number of halogens is 3. The van der Waals surface area contributed by atoms with Gasteiger partial charge >= 0.3 is 15.2 Å². The van der Waals surface area contributed by atoms with Crippen LogP contribution in [0.4, 0.5) is 0 Å². The lowest BCUT2D eigenvalue weighted by Crippen LogP contribution is -2.22. The second-order valence-corrected chi connectivity index (χ2v) is 34.8.